The zero-order chi connectivity index (χ0) is 23.8. The van der Waals surface area contributed by atoms with E-state index < -0.39 is 18.1 Å². The quantitative estimate of drug-likeness (QED) is 0.416. The zero-order valence-electron chi connectivity index (χ0n) is 17.3. The number of alkyl halides is 3. The van der Waals surface area contributed by atoms with Gasteiger partial charge in [0, 0.05) is 19.5 Å². The first-order valence-corrected chi connectivity index (χ1v) is 9.74. The Morgan fingerprint density at radius 2 is 1.53 bits per heavy atom. The largest absolute Gasteiger partial charge is 0.494 e. The van der Waals surface area contributed by atoms with Crippen LogP contribution in [-0.4, -0.2) is 48.1 Å². The van der Waals surface area contributed by atoms with Gasteiger partial charge in [0.15, 0.2) is 0 Å². The Bertz CT molecular complexity index is 798. The third-order valence-electron chi connectivity index (χ3n) is 3.82. The number of ether oxygens (including phenoxy) is 2. The molecule has 3 N–H and O–H groups in total. The number of hydrogen-bond donors (Lipinski definition) is 3. The predicted molar refractivity (Wildman–Crippen MR) is 110 cm³/mol. The molecule has 2 aromatic carbocycles. The highest BCUT2D eigenvalue weighted by molar-refractivity contribution is 5.73. The molecule has 2 rings (SSSR count). The van der Waals surface area contributed by atoms with Crippen molar-refractivity contribution < 1.29 is 42.4 Å². The molecule has 0 aliphatic heterocycles. The van der Waals surface area contributed by atoms with Gasteiger partial charge in [-0.2, -0.15) is 13.2 Å². The summed E-state index contributed by atoms with van der Waals surface area (Å²) >= 11 is 0. The van der Waals surface area contributed by atoms with E-state index in [9.17, 15) is 18.0 Å². The number of carboxylic acid groups (broad SMARTS) is 2. The molecule has 7 nitrogen and oxygen atoms in total. The molecule has 0 aliphatic carbocycles. The standard InChI is InChI=1S/C20H25NO4.C2HF3O2/c22-20(23)11-12-21-15-17-7-9-19(10-8-17)25-14-4-13-24-16-18-5-2-1-3-6-18;3-2(4,5)1(6)7/h1-3,5-10,21H,4,11-16H2,(H,22,23);(H,6,7). The highest BCUT2D eigenvalue weighted by atomic mass is 19.4. The van der Waals surface area contributed by atoms with Crippen molar-refractivity contribution in [1.82, 2.24) is 5.32 Å². The van der Waals surface area contributed by atoms with E-state index in [1.165, 1.54) is 5.56 Å². The molecule has 0 atom stereocenters. The van der Waals surface area contributed by atoms with Crippen LogP contribution in [0.15, 0.2) is 54.6 Å². The van der Waals surface area contributed by atoms with E-state index in [4.69, 9.17) is 24.5 Å². The topological polar surface area (TPSA) is 105 Å². The maximum absolute atomic E-state index is 10.6. The predicted octanol–water partition coefficient (Wildman–Crippen LogP) is 3.87. The smallest absolute Gasteiger partial charge is 0.490 e. The Kier molecular flexibility index (Phi) is 12.5. The molecule has 0 aromatic heterocycles. The van der Waals surface area contributed by atoms with E-state index in [1.807, 2.05) is 42.5 Å². The van der Waals surface area contributed by atoms with Crippen molar-refractivity contribution in [2.45, 2.75) is 32.2 Å². The number of rotatable bonds is 12. The molecule has 0 heterocycles. The van der Waals surface area contributed by atoms with Crippen LogP contribution in [0, 0.1) is 0 Å². The molecule has 0 bridgehead atoms. The van der Waals surface area contributed by atoms with Crippen LogP contribution in [0.5, 0.6) is 5.75 Å². The molecule has 176 valence electrons. The maximum atomic E-state index is 10.6. The van der Waals surface area contributed by atoms with Gasteiger partial charge >= 0.3 is 18.1 Å². The molecule has 32 heavy (non-hydrogen) atoms. The van der Waals surface area contributed by atoms with Crippen molar-refractivity contribution >= 4 is 11.9 Å². The molecule has 0 fully saturated rings. The Morgan fingerprint density at radius 3 is 2.09 bits per heavy atom. The Labute approximate surface area is 183 Å². The molecule has 10 heteroatoms. The lowest BCUT2D eigenvalue weighted by molar-refractivity contribution is -0.192. The number of nitrogens with one attached hydrogen (secondary N) is 1. The van der Waals surface area contributed by atoms with Gasteiger partial charge in [0.25, 0.3) is 0 Å². The van der Waals surface area contributed by atoms with Gasteiger partial charge in [-0.15, -0.1) is 0 Å². The Hall–Kier alpha value is -3.11. The van der Waals surface area contributed by atoms with Gasteiger partial charge in [-0.25, -0.2) is 4.79 Å². The fraction of sp³-hybridized carbons (Fsp3) is 0.364. The van der Waals surface area contributed by atoms with Gasteiger partial charge < -0.3 is 25.0 Å². The number of carboxylic acids is 2. The second-order valence-electron chi connectivity index (χ2n) is 6.51. The molecular weight excluding hydrogens is 431 g/mol. The molecule has 2 aromatic rings. The van der Waals surface area contributed by atoms with Crippen molar-refractivity contribution in [2.24, 2.45) is 0 Å². The minimum atomic E-state index is -5.08. The van der Waals surface area contributed by atoms with Crippen LogP contribution >= 0.6 is 0 Å². The Balaban J connectivity index is 0.000000633. The molecule has 0 amide bonds. The van der Waals surface area contributed by atoms with Gasteiger partial charge in [0.05, 0.1) is 26.2 Å². The van der Waals surface area contributed by atoms with Gasteiger partial charge in [-0.1, -0.05) is 42.5 Å². The number of hydrogen-bond acceptors (Lipinski definition) is 5. The van der Waals surface area contributed by atoms with Crippen molar-refractivity contribution in [1.29, 1.82) is 0 Å². The fourth-order valence-electron chi connectivity index (χ4n) is 2.25. The lowest BCUT2D eigenvalue weighted by Crippen LogP contribution is -2.21. The van der Waals surface area contributed by atoms with Crippen molar-refractivity contribution in [2.75, 3.05) is 19.8 Å². The van der Waals surface area contributed by atoms with Crippen molar-refractivity contribution in [3.05, 3.63) is 65.7 Å². The summed E-state index contributed by atoms with van der Waals surface area (Å²) in [5.74, 6) is -2.71. The zero-order valence-corrected chi connectivity index (χ0v) is 17.3. The molecule has 0 saturated carbocycles. The van der Waals surface area contributed by atoms with E-state index in [-0.39, 0.29) is 6.42 Å². The first-order chi connectivity index (χ1) is 15.2. The van der Waals surface area contributed by atoms with Crippen LogP contribution in [0.1, 0.15) is 24.0 Å². The molecular formula is C22H26F3NO6. The average Bonchev–Trinajstić information content (AvgIpc) is 2.75. The summed E-state index contributed by atoms with van der Waals surface area (Å²) in [7, 11) is 0. The number of carbonyl (C=O) groups is 2. The molecule has 0 unspecified atom stereocenters. The van der Waals surface area contributed by atoms with Gasteiger partial charge in [0.1, 0.15) is 5.75 Å². The molecule has 0 aliphatic rings. The number of aliphatic carboxylic acids is 2. The van der Waals surface area contributed by atoms with Crippen LogP contribution in [0.25, 0.3) is 0 Å². The summed E-state index contributed by atoms with van der Waals surface area (Å²) in [6, 6.07) is 17.9. The normalized spacial score (nSPS) is 10.7. The molecule has 0 spiro atoms. The Morgan fingerprint density at radius 1 is 0.906 bits per heavy atom. The van der Waals surface area contributed by atoms with Crippen molar-refractivity contribution in [3.8, 4) is 5.75 Å². The fourth-order valence-corrected chi connectivity index (χ4v) is 2.25. The van der Waals surface area contributed by atoms with E-state index in [1.54, 1.807) is 0 Å². The van der Waals surface area contributed by atoms with Crippen LogP contribution in [0.3, 0.4) is 0 Å². The molecule has 0 saturated heterocycles. The number of halogens is 3. The lowest BCUT2D eigenvalue weighted by Gasteiger charge is -2.08. The summed E-state index contributed by atoms with van der Waals surface area (Å²) in [6.45, 7) is 3.04. The first-order valence-electron chi connectivity index (χ1n) is 9.74. The third-order valence-corrected chi connectivity index (χ3v) is 3.82. The van der Waals surface area contributed by atoms with Crippen LogP contribution in [0.2, 0.25) is 0 Å². The minimum absolute atomic E-state index is 0.132. The van der Waals surface area contributed by atoms with Crippen LogP contribution in [-0.2, 0) is 27.5 Å². The molecule has 0 radical (unpaired) electrons. The summed E-state index contributed by atoms with van der Waals surface area (Å²) < 4.78 is 43.0. The van der Waals surface area contributed by atoms with Crippen molar-refractivity contribution in [3.63, 3.8) is 0 Å². The van der Waals surface area contributed by atoms with Crippen LogP contribution < -0.4 is 10.1 Å². The van der Waals surface area contributed by atoms with Crippen LogP contribution in [0.4, 0.5) is 13.2 Å². The summed E-state index contributed by atoms with van der Waals surface area (Å²) in [4.78, 5) is 19.3. The number of benzene rings is 2. The maximum Gasteiger partial charge on any atom is 0.490 e. The second kappa shape index (κ2) is 14.8. The first kappa shape index (κ1) is 26.9. The van der Waals surface area contributed by atoms with Gasteiger partial charge in [-0.3, -0.25) is 4.79 Å². The average molecular weight is 457 g/mol. The van der Waals surface area contributed by atoms with E-state index in [2.05, 4.69) is 17.4 Å². The second-order valence-corrected chi connectivity index (χ2v) is 6.51. The van der Waals surface area contributed by atoms with Gasteiger partial charge in [0.2, 0.25) is 0 Å². The minimum Gasteiger partial charge on any atom is -0.494 e. The lowest BCUT2D eigenvalue weighted by atomic mass is 10.2. The monoisotopic (exact) mass is 457 g/mol. The van der Waals surface area contributed by atoms with E-state index >= 15 is 0 Å². The van der Waals surface area contributed by atoms with Gasteiger partial charge in [-0.05, 0) is 23.3 Å². The SMILES string of the molecule is O=C(O)C(F)(F)F.O=C(O)CCNCc1ccc(OCCCOCc2ccccc2)cc1. The summed E-state index contributed by atoms with van der Waals surface area (Å²) in [5, 5.41) is 18.8. The third kappa shape index (κ3) is 13.2. The van der Waals surface area contributed by atoms with E-state index in [0.29, 0.717) is 32.9 Å². The highest BCUT2D eigenvalue weighted by Gasteiger charge is 2.38. The summed E-state index contributed by atoms with van der Waals surface area (Å²) in [6.07, 6.45) is -4.11. The summed E-state index contributed by atoms with van der Waals surface area (Å²) in [5.41, 5.74) is 2.28. The highest BCUT2D eigenvalue weighted by Crippen LogP contribution is 2.13. The van der Waals surface area contributed by atoms with E-state index in [0.717, 1.165) is 17.7 Å².